The molecular formula is C12H15N3O2. The molecule has 2 aromatic rings. The molecule has 1 aromatic heterocycles. The van der Waals surface area contributed by atoms with E-state index in [1.54, 1.807) is 11.6 Å². The Labute approximate surface area is 99.3 Å². The van der Waals surface area contributed by atoms with Crippen molar-refractivity contribution in [1.29, 1.82) is 0 Å². The Morgan fingerprint density at radius 2 is 2.00 bits per heavy atom. The van der Waals surface area contributed by atoms with Gasteiger partial charge in [-0.2, -0.15) is 5.10 Å². The zero-order chi connectivity index (χ0) is 12.3. The summed E-state index contributed by atoms with van der Waals surface area (Å²) < 4.78 is 8.46. The van der Waals surface area contributed by atoms with Gasteiger partial charge in [-0.05, 0) is 19.1 Å². The van der Waals surface area contributed by atoms with Crippen molar-refractivity contribution in [2.24, 2.45) is 7.05 Å². The molecule has 0 radical (unpaired) electrons. The monoisotopic (exact) mass is 233 g/mol. The molecule has 0 spiro atoms. The lowest BCUT2D eigenvalue weighted by Crippen LogP contribution is -2.25. The third-order valence-electron chi connectivity index (χ3n) is 2.52. The molecule has 0 amide bonds. The number of para-hydroxylation sites is 1. The lowest BCUT2D eigenvalue weighted by atomic mass is 10.3. The molecule has 0 aliphatic rings. The van der Waals surface area contributed by atoms with Gasteiger partial charge in [0.1, 0.15) is 18.2 Å². The quantitative estimate of drug-likeness (QED) is 0.790. The Hall–Kier alpha value is -2.04. The van der Waals surface area contributed by atoms with Gasteiger partial charge < -0.3 is 4.74 Å². The highest BCUT2D eigenvalue weighted by molar-refractivity contribution is 5.20. The number of rotatable bonds is 4. The van der Waals surface area contributed by atoms with E-state index in [4.69, 9.17) is 4.74 Å². The van der Waals surface area contributed by atoms with Crippen LogP contribution in [0, 0.1) is 6.92 Å². The molecule has 0 saturated carbocycles. The van der Waals surface area contributed by atoms with Crippen LogP contribution in [0.1, 0.15) is 5.82 Å². The second-order valence-corrected chi connectivity index (χ2v) is 3.77. The first-order valence-corrected chi connectivity index (χ1v) is 5.47. The number of benzene rings is 1. The Morgan fingerprint density at radius 3 is 2.59 bits per heavy atom. The Balaban J connectivity index is 1.97. The van der Waals surface area contributed by atoms with Crippen molar-refractivity contribution in [3.8, 4) is 5.75 Å². The van der Waals surface area contributed by atoms with Crippen LogP contribution in [0.2, 0.25) is 0 Å². The summed E-state index contributed by atoms with van der Waals surface area (Å²) in [6.07, 6.45) is 0. The van der Waals surface area contributed by atoms with Gasteiger partial charge in [-0.15, -0.1) is 0 Å². The summed E-state index contributed by atoms with van der Waals surface area (Å²) in [6.45, 7) is 2.77. The van der Waals surface area contributed by atoms with Crippen molar-refractivity contribution >= 4 is 0 Å². The molecule has 1 aromatic carbocycles. The number of aromatic nitrogens is 3. The molecule has 0 aliphatic carbocycles. The van der Waals surface area contributed by atoms with Gasteiger partial charge in [0.2, 0.25) is 0 Å². The van der Waals surface area contributed by atoms with E-state index >= 15 is 0 Å². The molecule has 0 saturated heterocycles. The van der Waals surface area contributed by atoms with Gasteiger partial charge in [-0.1, -0.05) is 18.2 Å². The van der Waals surface area contributed by atoms with E-state index in [2.05, 4.69) is 5.10 Å². The molecule has 0 bridgehead atoms. The van der Waals surface area contributed by atoms with E-state index in [1.807, 2.05) is 37.3 Å². The normalized spacial score (nSPS) is 10.5. The maximum Gasteiger partial charge on any atom is 0.345 e. The molecule has 5 nitrogen and oxygen atoms in total. The lowest BCUT2D eigenvalue weighted by Gasteiger charge is -2.06. The van der Waals surface area contributed by atoms with Crippen LogP contribution in [0.5, 0.6) is 5.75 Å². The molecule has 5 heteroatoms. The predicted molar refractivity (Wildman–Crippen MR) is 64.1 cm³/mol. The number of hydrogen-bond donors (Lipinski definition) is 0. The van der Waals surface area contributed by atoms with Gasteiger partial charge in [0.05, 0.1) is 6.54 Å². The molecule has 0 fully saturated rings. The highest BCUT2D eigenvalue weighted by Crippen LogP contribution is 2.07. The molecule has 0 N–H and O–H groups in total. The van der Waals surface area contributed by atoms with E-state index in [-0.39, 0.29) is 5.69 Å². The minimum Gasteiger partial charge on any atom is -0.492 e. The first-order chi connectivity index (χ1) is 8.18. The van der Waals surface area contributed by atoms with Gasteiger partial charge in [0.15, 0.2) is 0 Å². The van der Waals surface area contributed by atoms with Gasteiger partial charge in [0.25, 0.3) is 0 Å². The standard InChI is InChI=1S/C12H15N3O2/c1-10-13-14(2)12(16)15(10)8-9-17-11-6-4-3-5-7-11/h3-7H,8-9H2,1-2H3. The van der Waals surface area contributed by atoms with Crippen molar-refractivity contribution in [3.05, 3.63) is 46.6 Å². The summed E-state index contributed by atoms with van der Waals surface area (Å²) in [5.41, 5.74) is -0.112. The fourth-order valence-electron chi connectivity index (χ4n) is 1.66. The van der Waals surface area contributed by atoms with E-state index in [9.17, 15) is 4.79 Å². The van der Waals surface area contributed by atoms with Crippen LogP contribution in [0.15, 0.2) is 35.1 Å². The first kappa shape index (κ1) is 11.4. The third-order valence-corrected chi connectivity index (χ3v) is 2.52. The van der Waals surface area contributed by atoms with Crippen molar-refractivity contribution < 1.29 is 4.74 Å². The Bertz CT molecular complexity index is 543. The van der Waals surface area contributed by atoms with Crippen LogP contribution in [0.25, 0.3) is 0 Å². The molecule has 2 rings (SSSR count). The molecule has 0 unspecified atom stereocenters. The minimum atomic E-state index is -0.112. The molecule has 90 valence electrons. The average molecular weight is 233 g/mol. The highest BCUT2D eigenvalue weighted by Gasteiger charge is 2.06. The molecular weight excluding hydrogens is 218 g/mol. The first-order valence-electron chi connectivity index (χ1n) is 5.47. The van der Waals surface area contributed by atoms with Crippen LogP contribution < -0.4 is 10.4 Å². The maximum atomic E-state index is 11.6. The van der Waals surface area contributed by atoms with Crippen molar-refractivity contribution in [1.82, 2.24) is 14.3 Å². The average Bonchev–Trinajstić information content (AvgIpc) is 2.57. The van der Waals surface area contributed by atoms with E-state index in [0.717, 1.165) is 5.75 Å². The van der Waals surface area contributed by atoms with E-state index < -0.39 is 0 Å². The fraction of sp³-hybridized carbons (Fsp3) is 0.333. The SMILES string of the molecule is Cc1nn(C)c(=O)n1CCOc1ccccc1. The second kappa shape index (κ2) is 4.86. The van der Waals surface area contributed by atoms with Gasteiger partial charge in [-0.3, -0.25) is 4.57 Å². The van der Waals surface area contributed by atoms with Crippen molar-refractivity contribution in [2.45, 2.75) is 13.5 Å². The minimum absolute atomic E-state index is 0.112. The van der Waals surface area contributed by atoms with E-state index in [0.29, 0.717) is 19.0 Å². The molecule has 0 aliphatic heterocycles. The van der Waals surface area contributed by atoms with Crippen LogP contribution in [-0.2, 0) is 13.6 Å². The lowest BCUT2D eigenvalue weighted by molar-refractivity contribution is 0.295. The number of aryl methyl sites for hydroxylation is 2. The maximum absolute atomic E-state index is 11.6. The summed E-state index contributed by atoms with van der Waals surface area (Å²) in [5, 5.41) is 4.05. The summed E-state index contributed by atoms with van der Waals surface area (Å²) in [4.78, 5) is 11.6. The van der Waals surface area contributed by atoms with Gasteiger partial charge >= 0.3 is 5.69 Å². The predicted octanol–water partition coefficient (Wildman–Crippen LogP) is 0.969. The van der Waals surface area contributed by atoms with Crippen LogP contribution in [-0.4, -0.2) is 21.0 Å². The summed E-state index contributed by atoms with van der Waals surface area (Å²) in [6, 6.07) is 9.54. The Kier molecular flexibility index (Phi) is 3.27. The second-order valence-electron chi connectivity index (χ2n) is 3.77. The van der Waals surface area contributed by atoms with Crippen molar-refractivity contribution in [2.75, 3.05) is 6.61 Å². The molecule has 0 atom stereocenters. The number of ether oxygens (including phenoxy) is 1. The zero-order valence-electron chi connectivity index (χ0n) is 9.96. The summed E-state index contributed by atoms with van der Waals surface area (Å²) in [5.74, 6) is 1.51. The molecule has 1 heterocycles. The van der Waals surface area contributed by atoms with Gasteiger partial charge in [0, 0.05) is 7.05 Å². The largest absolute Gasteiger partial charge is 0.492 e. The summed E-state index contributed by atoms with van der Waals surface area (Å²) >= 11 is 0. The molecule has 17 heavy (non-hydrogen) atoms. The zero-order valence-corrected chi connectivity index (χ0v) is 9.96. The smallest absolute Gasteiger partial charge is 0.345 e. The Morgan fingerprint density at radius 1 is 1.29 bits per heavy atom. The fourth-order valence-corrected chi connectivity index (χ4v) is 1.66. The van der Waals surface area contributed by atoms with Gasteiger partial charge in [-0.25, -0.2) is 9.48 Å². The van der Waals surface area contributed by atoms with Crippen LogP contribution in [0.4, 0.5) is 0 Å². The number of hydrogen-bond acceptors (Lipinski definition) is 3. The summed E-state index contributed by atoms with van der Waals surface area (Å²) in [7, 11) is 1.64. The van der Waals surface area contributed by atoms with Crippen molar-refractivity contribution in [3.63, 3.8) is 0 Å². The third kappa shape index (κ3) is 2.55. The van der Waals surface area contributed by atoms with Crippen LogP contribution >= 0.6 is 0 Å². The highest BCUT2D eigenvalue weighted by atomic mass is 16.5. The van der Waals surface area contributed by atoms with Crippen LogP contribution in [0.3, 0.4) is 0 Å². The number of nitrogens with zero attached hydrogens (tertiary/aromatic N) is 3. The topological polar surface area (TPSA) is 49.0 Å². The van der Waals surface area contributed by atoms with E-state index in [1.165, 1.54) is 4.68 Å².